The summed E-state index contributed by atoms with van der Waals surface area (Å²) >= 11 is 3.62. The highest BCUT2D eigenvalue weighted by Gasteiger charge is 2.35. The van der Waals surface area contributed by atoms with Crippen molar-refractivity contribution in [3.8, 4) is 5.75 Å². The lowest BCUT2D eigenvalue weighted by molar-refractivity contribution is -0.133. The highest BCUT2D eigenvalue weighted by molar-refractivity contribution is 9.10. The van der Waals surface area contributed by atoms with Crippen LogP contribution in [-0.2, 0) is 11.2 Å². The van der Waals surface area contributed by atoms with Crippen molar-refractivity contribution in [3.63, 3.8) is 0 Å². The molecule has 0 radical (unpaired) electrons. The van der Waals surface area contributed by atoms with E-state index in [1.807, 2.05) is 47.4 Å². The second kappa shape index (κ2) is 11.8. The molecule has 0 saturated heterocycles. The number of nitrogens with one attached hydrogen (secondary N) is 2. The Morgan fingerprint density at radius 2 is 1.86 bits per heavy atom. The number of hydrogen-bond acceptors (Lipinski definition) is 5. The highest BCUT2D eigenvalue weighted by atomic mass is 79.9. The number of aromatic nitrogens is 2. The maximum atomic E-state index is 13.9. The summed E-state index contributed by atoms with van der Waals surface area (Å²) in [5.74, 6) is 0.459. The molecule has 4 N–H and O–H groups in total. The number of carbonyl (C=O) groups excluding carboxylic acids is 2. The number of amides is 2. The van der Waals surface area contributed by atoms with Crippen LogP contribution in [0.1, 0.15) is 51.2 Å². The van der Waals surface area contributed by atoms with Crippen LogP contribution in [0.2, 0.25) is 0 Å². The minimum absolute atomic E-state index is 0.0387. The molecule has 3 aromatic carbocycles. The number of halogens is 1. The quantitative estimate of drug-likeness (QED) is 0.201. The van der Waals surface area contributed by atoms with Crippen LogP contribution in [-0.4, -0.2) is 40.3 Å². The van der Waals surface area contributed by atoms with E-state index < -0.39 is 6.04 Å². The van der Waals surface area contributed by atoms with Gasteiger partial charge < -0.3 is 25.7 Å². The lowest BCUT2D eigenvalue weighted by Gasteiger charge is -2.37. The molecule has 5 aromatic rings. The maximum Gasteiger partial charge on any atom is 0.255 e. The molecular weight excluding hydrogens is 594 g/mol. The van der Waals surface area contributed by atoms with Crippen molar-refractivity contribution < 1.29 is 14.3 Å². The molecule has 8 nitrogen and oxygen atoms in total. The van der Waals surface area contributed by atoms with Gasteiger partial charge in [-0.15, -0.1) is 0 Å². The van der Waals surface area contributed by atoms with E-state index in [1.165, 1.54) is 10.9 Å². The minimum Gasteiger partial charge on any atom is -0.496 e. The van der Waals surface area contributed by atoms with E-state index >= 15 is 0 Å². The van der Waals surface area contributed by atoms with Crippen LogP contribution in [0.3, 0.4) is 0 Å². The Labute approximate surface area is 252 Å². The van der Waals surface area contributed by atoms with Crippen LogP contribution in [0.4, 0.5) is 5.69 Å². The largest absolute Gasteiger partial charge is 0.496 e. The smallest absolute Gasteiger partial charge is 0.255 e. The van der Waals surface area contributed by atoms with Gasteiger partial charge in [-0.05, 0) is 81.5 Å². The monoisotopic (exact) mass is 623 g/mol. The van der Waals surface area contributed by atoms with Gasteiger partial charge in [-0.3, -0.25) is 14.6 Å². The number of para-hydroxylation sites is 1. The number of nitrogens with two attached hydrogens (primary N) is 1. The zero-order valence-corrected chi connectivity index (χ0v) is 24.6. The number of H-pyrrole nitrogens is 1. The van der Waals surface area contributed by atoms with Gasteiger partial charge in [0.1, 0.15) is 5.75 Å². The fourth-order valence-corrected chi connectivity index (χ4v) is 6.21. The lowest BCUT2D eigenvalue weighted by atomic mass is 9.91. The van der Waals surface area contributed by atoms with Crippen molar-refractivity contribution in [2.45, 2.75) is 24.9 Å². The molecular formula is C33H30BrN5O3. The van der Waals surface area contributed by atoms with Gasteiger partial charge >= 0.3 is 0 Å². The molecule has 212 valence electrons. The van der Waals surface area contributed by atoms with E-state index in [0.29, 0.717) is 17.8 Å². The van der Waals surface area contributed by atoms with Crippen LogP contribution >= 0.6 is 15.9 Å². The van der Waals surface area contributed by atoms with Crippen LogP contribution < -0.4 is 15.8 Å². The molecule has 0 bridgehead atoms. The van der Waals surface area contributed by atoms with Crippen molar-refractivity contribution in [2.75, 3.05) is 19.0 Å². The summed E-state index contributed by atoms with van der Waals surface area (Å²) in [6.07, 6.45) is 4.11. The summed E-state index contributed by atoms with van der Waals surface area (Å²) < 4.78 is 6.28. The predicted molar refractivity (Wildman–Crippen MR) is 166 cm³/mol. The second-order valence-electron chi connectivity index (χ2n) is 10.3. The van der Waals surface area contributed by atoms with Gasteiger partial charge in [0.15, 0.2) is 0 Å². The van der Waals surface area contributed by atoms with E-state index in [-0.39, 0.29) is 24.3 Å². The molecule has 42 heavy (non-hydrogen) atoms. The fourth-order valence-electron chi connectivity index (χ4n) is 5.65. The Kier molecular flexibility index (Phi) is 7.78. The first kappa shape index (κ1) is 27.7. The first-order chi connectivity index (χ1) is 20.4. The first-order valence-electron chi connectivity index (χ1n) is 13.7. The molecule has 6 rings (SSSR count). The van der Waals surface area contributed by atoms with Gasteiger partial charge in [0, 0.05) is 59.2 Å². The average Bonchev–Trinajstić information content (AvgIpc) is 3.40. The van der Waals surface area contributed by atoms with Crippen molar-refractivity contribution >= 4 is 44.3 Å². The molecule has 9 heteroatoms. The normalized spacial score (nSPS) is 15.2. The minimum atomic E-state index is -0.526. The first-order valence-corrected chi connectivity index (χ1v) is 14.5. The number of hydrogen-bond donors (Lipinski definition) is 3. The average molecular weight is 625 g/mol. The molecule has 1 aliphatic rings. The zero-order chi connectivity index (χ0) is 29.2. The lowest BCUT2D eigenvalue weighted by Crippen LogP contribution is -2.41. The van der Waals surface area contributed by atoms with Crippen molar-refractivity contribution in [1.29, 1.82) is 0 Å². The van der Waals surface area contributed by atoms with Gasteiger partial charge in [0.2, 0.25) is 5.91 Å². The van der Waals surface area contributed by atoms with Crippen molar-refractivity contribution in [2.24, 2.45) is 5.73 Å². The standard InChI is InChI=1S/C33H30BrN5O3/c1-42-29-11-10-22(18-26(29)34)32-31-25(24-4-2-3-5-28(24)38-31)14-17-39(32)30(40)19-27(35)20-6-8-21(9-7-20)33(41)37-23-12-15-36-16-13-23/h2-13,15-16,18,27,32,38H,14,17,19,35H2,1H3,(H,36,37,41). The van der Waals surface area contributed by atoms with Gasteiger partial charge in [0.25, 0.3) is 5.91 Å². The van der Waals surface area contributed by atoms with E-state index in [0.717, 1.165) is 39.0 Å². The molecule has 2 unspecified atom stereocenters. The Morgan fingerprint density at radius 3 is 2.60 bits per heavy atom. The predicted octanol–water partition coefficient (Wildman–Crippen LogP) is 6.15. The Hall–Kier alpha value is -4.47. The summed E-state index contributed by atoms with van der Waals surface area (Å²) in [4.78, 5) is 36.0. The maximum absolute atomic E-state index is 13.9. The number of methoxy groups -OCH3 is 1. The fraction of sp³-hybridized carbons (Fsp3) is 0.182. The van der Waals surface area contributed by atoms with Crippen molar-refractivity contribution in [3.05, 3.63) is 124 Å². The number of aromatic amines is 1. The molecule has 1 aliphatic heterocycles. The van der Waals surface area contributed by atoms with Crippen LogP contribution in [0.5, 0.6) is 5.75 Å². The third-order valence-corrected chi connectivity index (χ3v) is 8.40. The number of rotatable bonds is 7. The molecule has 2 amide bonds. The topological polar surface area (TPSA) is 113 Å². The van der Waals surface area contributed by atoms with Gasteiger partial charge in [-0.2, -0.15) is 0 Å². The molecule has 3 heterocycles. The Morgan fingerprint density at radius 1 is 1.10 bits per heavy atom. The van der Waals surface area contributed by atoms with E-state index in [9.17, 15) is 9.59 Å². The number of fused-ring (bicyclic) bond motifs is 3. The molecule has 0 aliphatic carbocycles. The summed E-state index contributed by atoms with van der Waals surface area (Å²) in [6.45, 7) is 0.572. The second-order valence-corrected chi connectivity index (χ2v) is 11.2. The number of benzene rings is 3. The van der Waals surface area contributed by atoms with Crippen LogP contribution in [0.15, 0.2) is 95.7 Å². The number of nitrogens with zero attached hydrogens (tertiary/aromatic N) is 2. The summed E-state index contributed by atoms with van der Waals surface area (Å²) in [7, 11) is 1.63. The third-order valence-electron chi connectivity index (χ3n) is 7.78. The number of anilines is 1. The third kappa shape index (κ3) is 5.41. The van der Waals surface area contributed by atoms with Gasteiger partial charge in [-0.1, -0.05) is 36.4 Å². The summed E-state index contributed by atoms with van der Waals surface area (Å²) in [5, 5.41) is 4.03. The van der Waals surface area contributed by atoms with E-state index in [4.69, 9.17) is 10.5 Å². The van der Waals surface area contributed by atoms with E-state index in [1.54, 1.807) is 43.8 Å². The highest BCUT2D eigenvalue weighted by Crippen LogP contribution is 2.41. The molecule has 2 atom stereocenters. The Balaban J connectivity index is 1.24. The number of carbonyl (C=O) groups is 2. The number of pyridine rings is 1. The molecule has 0 saturated carbocycles. The summed E-state index contributed by atoms with van der Waals surface area (Å²) in [5.41, 5.74) is 12.8. The van der Waals surface area contributed by atoms with Crippen molar-refractivity contribution in [1.82, 2.24) is 14.9 Å². The van der Waals surface area contributed by atoms with Gasteiger partial charge in [-0.25, -0.2) is 0 Å². The number of ether oxygens (including phenoxy) is 1. The zero-order valence-electron chi connectivity index (χ0n) is 23.0. The van der Waals surface area contributed by atoms with Gasteiger partial charge in [0.05, 0.1) is 17.6 Å². The van der Waals surface area contributed by atoms with Crippen LogP contribution in [0, 0.1) is 0 Å². The molecule has 2 aromatic heterocycles. The molecule has 0 spiro atoms. The molecule has 0 fully saturated rings. The SMILES string of the molecule is COc1ccc(C2c3[nH]c4ccccc4c3CCN2C(=O)CC(N)c2ccc(C(=O)Nc3ccncc3)cc2)cc1Br. The summed E-state index contributed by atoms with van der Waals surface area (Å²) in [6, 6.07) is 23.9. The Bertz CT molecular complexity index is 1750. The van der Waals surface area contributed by atoms with Crippen LogP contribution in [0.25, 0.3) is 10.9 Å². The van der Waals surface area contributed by atoms with E-state index in [2.05, 4.69) is 43.3 Å².